The fourth-order valence-corrected chi connectivity index (χ4v) is 3.82. The first kappa shape index (κ1) is 15.9. The maximum atomic E-state index is 11.8. The molecule has 0 radical (unpaired) electrons. The molecule has 1 aromatic heterocycles. The summed E-state index contributed by atoms with van der Waals surface area (Å²) in [6.07, 6.45) is -0.962. The molecule has 0 unspecified atom stereocenters. The predicted molar refractivity (Wildman–Crippen MR) is 98.6 cm³/mol. The molecule has 6 heteroatoms. The van der Waals surface area contributed by atoms with Crippen LogP contribution in [0.5, 0.6) is 0 Å². The van der Waals surface area contributed by atoms with Crippen molar-refractivity contribution in [3.8, 4) is 0 Å². The number of hydrogen-bond acceptors (Lipinski definition) is 4. The molecule has 3 aromatic rings. The number of carbonyl (C=O) groups is 1. The molecular formula is C19H21N3O3. The number of aliphatic hydroxyl groups is 1. The quantitative estimate of drug-likeness (QED) is 0.767. The molecule has 1 saturated heterocycles. The number of piperazine rings is 1. The van der Waals surface area contributed by atoms with Gasteiger partial charge < -0.3 is 15.1 Å². The lowest BCUT2D eigenvalue weighted by Gasteiger charge is -2.36. The van der Waals surface area contributed by atoms with Crippen LogP contribution in [0.15, 0.2) is 42.5 Å². The predicted octanol–water partition coefficient (Wildman–Crippen LogP) is 2.43. The number of anilines is 1. The van der Waals surface area contributed by atoms with Gasteiger partial charge in [-0.2, -0.15) is 0 Å². The van der Waals surface area contributed by atoms with Crippen molar-refractivity contribution in [1.82, 2.24) is 9.47 Å². The summed E-state index contributed by atoms with van der Waals surface area (Å²) in [5, 5.41) is 20.7. The van der Waals surface area contributed by atoms with Crippen LogP contribution in [0.4, 0.5) is 10.5 Å². The highest BCUT2D eigenvalue weighted by Gasteiger charge is 2.22. The number of rotatable bonds is 3. The standard InChI is InChI=1S/C19H21N3O3/c23-13-12-20-8-10-21(11-9-20)16-6-3-7-17-18(16)14-4-1-2-5-15(14)22(17)19(24)25/h1-7,23H,8-13H2,(H,24,25). The Morgan fingerprint density at radius 2 is 1.68 bits per heavy atom. The molecule has 2 aromatic carbocycles. The van der Waals surface area contributed by atoms with E-state index in [9.17, 15) is 9.90 Å². The summed E-state index contributed by atoms with van der Waals surface area (Å²) in [6.45, 7) is 4.42. The number of carboxylic acid groups (broad SMARTS) is 1. The van der Waals surface area contributed by atoms with Crippen molar-refractivity contribution in [3.63, 3.8) is 0 Å². The molecule has 25 heavy (non-hydrogen) atoms. The Kier molecular flexibility index (Phi) is 4.07. The molecule has 0 saturated carbocycles. The second-order valence-electron chi connectivity index (χ2n) is 6.36. The van der Waals surface area contributed by atoms with Crippen molar-refractivity contribution >= 4 is 33.6 Å². The Labute approximate surface area is 145 Å². The van der Waals surface area contributed by atoms with Gasteiger partial charge in [-0.3, -0.25) is 4.90 Å². The Morgan fingerprint density at radius 3 is 2.40 bits per heavy atom. The first-order valence-electron chi connectivity index (χ1n) is 8.54. The normalized spacial score (nSPS) is 16.0. The summed E-state index contributed by atoms with van der Waals surface area (Å²) in [6, 6.07) is 13.5. The zero-order valence-electron chi connectivity index (χ0n) is 13.9. The molecule has 2 N–H and O–H groups in total. The van der Waals surface area contributed by atoms with Gasteiger partial charge >= 0.3 is 6.09 Å². The summed E-state index contributed by atoms with van der Waals surface area (Å²) in [7, 11) is 0. The van der Waals surface area contributed by atoms with Gasteiger partial charge in [-0.1, -0.05) is 24.3 Å². The molecule has 1 aliphatic rings. The first-order chi connectivity index (χ1) is 12.2. The molecule has 2 heterocycles. The third kappa shape index (κ3) is 2.63. The SMILES string of the molecule is O=C(O)n1c2ccccc2c2c(N3CCN(CCO)CC3)cccc21. The average molecular weight is 339 g/mol. The van der Waals surface area contributed by atoms with E-state index in [1.54, 1.807) is 0 Å². The molecular weight excluding hydrogens is 318 g/mol. The lowest BCUT2D eigenvalue weighted by Crippen LogP contribution is -2.47. The second-order valence-corrected chi connectivity index (χ2v) is 6.36. The average Bonchev–Trinajstić information content (AvgIpc) is 2.97. The van der Waals surface area contributed by atoms with E-state index in [0.717, 1.165) is 53.7 Å². The molecule has 6 nitrogen and oxygen atoms in total. The smallest absolute Gasteiger partial charge is 0.416 e. The van der Waals surface area contributed by atoms with Gasteiger partial charge in [0.15, 0.2) is 0 Å². The van der Waals surface area contributed by atoms with E-state index in [4.69, 9.17) is 5.11 Å². The number of aromatic nitrogens is 1. The Morgan fingerprint density at radius 1 is 0.960 bits per heavy atom. The van der Waals surface area contributed by atoms with E-state index in [1.807, 2.05) is 36.4 Å². The maximum absolute atomic E-state index is 11.8. The summed E-state index contributed by atoms with van der Waals surface area (Å²) >= 11 is 0. The van der Waals surface area contributed by atoms with Crippen molar-refractivity contribution in [2.75, 3.05) is 44.2 Å². The third-order valence-electron chi connectivity index (χ3n) is 5.00. The zero-order valence-corrected chi connectivity index (χ0v) is 13.9. The van der Waals surface area contributed by atoms with Crippen molar-refractivity contribution in [2.45, 2.75) is 0 Å². The van der Waals surface area contributed by atoms with Gasteiger partial charge in [0.2, 0.25) is 0 Å². The van der Waals surface area contributed by atoms with Crippen molar-refractivity contribution in [2.24, 2.45) is 0 Å². The Balaban J connectivity index is 1.83. The van der Waals surface area contributed by atoms with Crippen LogP contribution in [0.2, 0.25) is 0 Å². The minimum Gasteiger partial charge on any atom is -0.464 e. The maximum Gasteiger partial charge on any atom is 0.416 e. The Bertz CT molecular complexity index is 926. The number of fused-ring (bicyclic) bond motifs is 3. The van der Waals surface area contributed by atoms with Gasteiger partial charge in [0, 0.05) is 49.2 Å². The molecule has 0 bridgehead atoms. The van der Waals surface area contributed by atoms with E-state index in [-0.39, 0.29) is 6.61 Å². The van der Waals surface area contributed by atoms with Crippen LogP contribution in [0.3, 0.4) is 0 Å². The Hall–Kier alpha value is -2.57. The molecule has 4 rings (SSSR count). The summed E-state index contributed by atoms with van der Waals surface area (Å²) in [5.41, 5.74) is 2.53. The monoisotopic (exact) mass is 339 g/mol. The largest absolute Gasteiger partial charge is 0.464 e. The molecule has 0 aliphatic carbocycles. The van der Waals surface area contributed by atoms with Crippen LogP contribution in [-0.4, -0.2) is 65.1 Å². The minimum atomic E-state index is -0.962. The number of para-hydroxylation sites is 1. The van der Waals surface area contributed by atoms with Gasteiger partial charge in [-0.25, -0.2) is 9.36 Å². The van der Waals surface area contributed by atoms with Crippen molar-refractivity contribution in [3.05, 3.63) is 42.5 Å². The molecule has 0 spiro atoms. The van der Waals surface area contributed by atoms with Crippen LogP contribution in [-0.2, 0) is 0 Å². The van der Waals surface area contributed by atoms with Gasteiger partial charge in [-0.05, 0) is 18.2 Å². The van der Waals surface area contributed by atoms with E-state index in [2.05, 4.69) is 15.9 Å². The molecule has 0 atom stereocenters. The highest BCUT2D eigenvalue weighted by molar-refractivity contribution is 6.17. The lowest BCUT2D eigenvalue weighted by molar-refractivity contribution is 0.189. The molecule has 0 amide bonds. The summed E-state index contributed by atoms with van der Waals surface area (Å²) in [5.74, 6) is 0. The highest BCUT2D eigenvalue weighted by atomic mass is 16.4. The minimum absolute atomic E-state index is 0.182. The van der Waals surface area contributed by atoms with Gasteiger partial charge in [0.1, 0.15) is 0 Å². The van der Waals surface area contributed by atoms with Crippen LogP contribution in [0.25, 0.3) is 21.8 Å². The number of nitrogens with zero attached hydrogens (tertiary/aromatic N) is 3. The van der Waals surface area contributed by atoms with Gasteiger partial charge in [0.25, 0.3) is 0 Å². The number of hydrogen-bond donors (Lipinski definition) is 2. The van der Waals surface area contributed by atoms with E-state index in [1.165, 1.54) is 4.57 Å². The van der Waals surface area contributed by atoms with E-state index in [0.29, 0.717) is 6.54 Å². The third-order valence-corrected chi connectivity index (χ3v) is 5.00. The molecule has 1 aliphatic heterocycles. The molecule has 130 valence electrons. The van der Waals surface area contributed by atoms with Gasteiger partial charge in [-0.15, -0.1) is 0 Å². The fraction of sp³-hybridized carbons (Fsp3) is 0.316. The summed E-state index contributed by atoms with van der Waals surface area (Å²) in [4.78, 5) is 16.4. The van der Waals surface area contributed by atoms with Crippen LogP contribution >= 0.6 is 0 Å². The van der Waals surface area contributed by atoms with Gasteiger partial charge in [0.05, 0.1) is 17.6 Å². The second kappa shape index (κ2) is 6.38. The lowest BCUT2D eigenvalue weighted by atomic mass is 10.1. The van der Waals surface area contributed by atoms with Crippen molar-refractivity contribution < 1.29 is 15.0 Å². The highest BCUT2D eigenvalue weighted by Crippen LogP contribution is 2.36. The zero-order chi connectivity index (χ0) is 17.4. The number of aliphatic hydroxyl groups excluding tert-OH is 1. The first-order valence-corrected chi connectivity index (χ1v) is 8.54. The van der Waals surface area contributed by atoms with E-state index < -0.39 is 6.09 Å². The fourth-order valence-electron chi connectivity index (χ4n) is 3.82. The number of benzene rings is 2. The summed E-state index contributed by atoms with van der Waals surface area (Å²) < 4.78 is 1.37. The molecule has 1 fully saturated rings. The van der Waals surface area contributed by atoms with E-state index >= 15 is 0 Å². The van der Waals surface area contributed by atoms with Crippen molar-refractivity contribution in [1.29, 1.82) is 0 Å². The topological polar surface area (TPSA) is 68.9 Å². The van der Waals surface area contributed by atoms with Crippen LogP contribution in [0, 0.1) is 0 Å². The van der Waals surface area contributed by atoms with Crippen LogP contribution < -0.4 is 4.90 Å². The van der Waals surface area contributed by atoms with Crippen LogP contribution in [0.1, 0.15) is 0 Å². The number of β-amino-alcohol motifs (C(OH)–C–C–N with tert-alkyl or cyclic N) is 1.